The Hall–Kier alpha value is -2.08. The summed E-state index contributed by atoms with van der Waals surface area (Å²) in [6, 6.07) is 4.36. The number of hydrogen-bond donors (Lipinski definition) is 1. The normalized spacial score (nSPS) is 16.1. The van der Waals surface area contributed by atoms with E-state index in [2.05, 4.69) is 44.0 Å². The molecular weight excluding hydrogens is 252 g/mol. The van der Waals surface area contributed by atoms with Crippen LogP contribution >= 0.6 is 0 Å². The number of aromatic nitrogens is 4. The molecule has 0 bridgehead atoms. The Morgan fingerprint density at radius 2 is 1.80 bits per heavy atom. The highest BCUT2D eigenvalue weighted by molar-refractivity contribution is 5.41. The summed E-state index contributed by atoms with van der Waals surface area (Å²) in [5.74, 6) is 1.57. The van der Waals surface area contributed by atoms with Crippen molar-refractivity contribution >= 4 is 11.9 Å². The van der Waals surface area contributed by atoms with Gasteiger partial charge in [-0.25, -0.2) is 19.9 Å². The van der Waals surface area contributed by atoms with Gasteiger partial charge in [0.15, 0.2) is 0 Å². The monoisotopic (exact) mass is 270 g/mol. The van der Waals surface area contributed by atoms with E-state index in [0.717, 1.165) is 18.8 Å². The van der Waals surface area contributed by atoms with Gasteiger partial charge in [-0.1, -0.05) is 0 Å². The molecule has 0 spiro atoms. The van der Waals surface area contributed by atoms with Crippen LogP contribution in [0.1, 0.15) is 25.5 Å². The van der Waals surface area contributed by atoms with E-state index in [4.69, 9.17) is 0 Å². The number of rotatable bonds is 4. The SMILES string of the molecule is CC(C)N1CC(c2ccnc(Nc3ncccn3)n2)C1. The fraction of sp³-hybridized carbons (Fsp3) is 0.429. The molecule has 1 aliphatic heterocycles. The smallest absolute Gasteiger partial charge is 0.229 e. The van der Waals surface area contributed by atoms with Crippen molar-refractivity contribution < 1.29 is 0 Å². The molecule has 3 rings (SSSR count). The van der Waals surface area contributed by atoms with Crippen molar-refractivity contribution in [3.8, 4) is 0 Å². The van der Waals surface area contributed by atoms with E-state index in [1.807, 2.05) is 6.07 Å². The third-order valence-corrected chi connectivity index (χ3v) is 3.52. The Morgan fingerprint density at radius 3 is 2.50 bits per heavy atom. The molecule has 20 heavy (non-hydrogen) atoms. The molecule has 1 fully saturated rings. The van der Waals surface area contributed by atoms with Crippen LogP contribution in [0.25, 0.3) is 0 Å². The molecule has 0 atom stereocenters. The second-order valence-corrected chi connectivity index (χ2v) is 5.25. The second kappa shape index (κ2) is 5.50. The minimum absolute atomic E-state index is 0.498. The molecule has 0 aromatic carbocycles. The quantitative estimate of drug-likeness (QED) is 0.914. The van der Waals surface area contributed by atoms with Gasteiger partial charge in [0.1, 0.15) is 0 Å². The van der Waals surface area contributed by atoms with Crippen LogP contribution in [-0.2, 0) is 0 Å². The fourth-order valence-electron chi connectivity index (χ4n) is 2.25. The van der Waals surface area contributed by atoms with Crippen molar-refractivity contribution in [1.29, 1.82) is 0 Å². The minimum Gasteiger partial charge on any atom is -0.300 e. The Labute approximate surface area is 118 Å². The summed E-state index contributed by atoms with van der Waals surface area (Å²) in [6.07, 6.45) is 5.16. The lowest BCUT2D eigenvalue weighted by Crippen LogP contribution is -2.48. The van der Waals surface area contributed by atoms with Gasteiger partial charge in [-0.2, -0.15) is 0 Å². The summed E-state index contributed by atoms with van der Waals surface area (Å²) in [4.78, 5) is 19.4. The molecule has 0 saturated carbocycles. The molecule has 2 aromatic heterocycles. The van der Waals surface area contributed by atoms with Crippen molar-refractivity contribution in [2.45, 2.75) is 25.8 Å². The van der Waals surface area contributed by atoms with Gasteiger partial charge < -0.3 is 0 Å². The van der Waals surface area contributed by atoms with Crippen LogP contribution in [0.2, 0.25) is 0 Å². The highest BCUT2D eigenvalue weighted by Gasteiger charge is 2.30. The molecule has 0 radical (unpaired) electrons. The van der Waals surface area contributed by atoms with Crippen molar-refractivity contribution in [3.05, 3.63) is 36.4 Å². The average molecular weight is 270 g/mol. The summed E-state index contributed by atoms with van der Waals surface area (Å²) in [5.41, 5.74) is 1.08. The topological polar surface area (TPSA) is 66.8 Å². The van der Waals surface area contributed by atoms with Crippen LogP contribution in [0.4, 0.5) is 11.9 Å². The van der Waals surface area contributed by atoms with Crippen molar-refractivity contribution in [2.75, 3.05) is 18.4 Å². The lowest BCUT2D eigenvalue weighted by molar-refractivity contribution is 0.108. The molecule has 2 aromatic rings. The zero-order valence-electron chi connectivity index (χ0n) is 11.7. The largest absolute Gasteiger partial charge is 0.300 e. The van der Waals surface area contributed by atoms with Crippen molar-refractivity contribution in [3.63, 3.8) is 0 Å². The summed E-state index contributed by atoms with van der Waals surface area (Å²) in [5, 5.41) is 3.02. The first-order valence-corrected chi connectivity index (χ1v) is 6.83. The maximum Gasteiger partial charge on any atom is 0.229 e. The van der Waals surface area contributed by atoms with E-state index < -0.39 is 0 Å². The number of nitrogens with zero attached hydrogens (tertiary/aromatic N) is 5. The Balaban J connectivity index is 1.68. The molecule has 1 aliphatic rings. The molecule has 0 aliphatic carbocycles. The standard InChI is InChI=1S/C14H18N6/c1-10(2)20-8-11(9-20)12-4-7-17-14(18-12)19-13-15-5-3-6-16-13/h3-7,10-11H,8-9H2,1-2H3,(H,15,16,17,18,19). The fourth-order valence-corrected chi connectivity index (χ4v) is 2.25. The lowest BCUT2D eigenvalue weighted by Gasteiger charge is -2.41. The highest BCUT2D eigenvalue weighted by atomic mass is 15.2. The van der Waals surface area contributed by atoms with Crippen LogP contribution in [0, 0.1) is 0 Å². The molecule has 0 amide bonds. The summed E-state index contributed by atoms with van der Waals surface area (Å²) in [7, 11) is 0. The van der Waals surface area contributed by atoms with E-state index in [-0.39, 0.29) is 0 Å². The summed E-state index contributed by atoms with van der Waals surface area (Å²) in [6.45, 7) is 6.57. The zero-order chi connectivity index (χ0) is 13.9. The number of hydrogen-bond acceptors (Lipinski definition) is 6. The van der Waals surface area contributed by atoms with Gasteiger partial charge in [-0.3, -0.25) is 10.2 Å². The average Bonchev–Trinajstić information content (AvgIpc) is 2.38. The third-order valence-electron chi connectivity index (χ3n) is 3.52. The van der Waals surface area contributed by atoms with Gasteiger partial charge in [-0.05, 0) is 26.0 Å². The van der Waals surface area contributed by atoms with Gasteiger partial charge in [0.2, 0.25) is 11.9 Å². The van der Waals surface area contributed by atoms with Crippen LogP contribution in [0.3, 0.4) is 0 Å². The van der Waals surface area contributed by atoms with E-state index in [1.54, 1.807) is 24.7 Å². The first-order valence-electron chi connectivity index (χ1n) is 6.83. The second-order valence-electron chi connectivity index (χ2n) is 5.25. The molecule has 0 unspecified atom stereocenters. The van der Waals surface area contributed by atoms with E-state index >= 15 is 0 Å². The van der Waals surface area contributed by atoms with E-state index in [1.165, 1.54) is 0 Å². The van der Waals surface area contributed by atoms with Crippen LogP contribution in [-0.4, -0.2) is 44.0 Å². The Kier molecular flexibility index (Phi) is 3.56. The van der Waals surface area contributed by atoms with Crippen LogP contribution < -0.4 is 5.32 Å². The predicted molar refractivity (Wildman–Crippen MR) is 76.8 cm³/mol. The molecule has 3 heterocycles. The van der Waals surface area contributed by atoms with Crippen LogP contribution in [0.5, 0.6) is 0 Å². The zero-order valence-corrected chi connectivity index (χ0v) is 11.7. The van der Waals surface area contributed by atoms with Gasteiger partial charge in [0.05, 0.1) is 5.69 Å². The molecular formula is C14H18N6. The third kappa shape index (κ3) is 2.75. The number of anilines is 2. The number of nitrogens with one attached hydrogen (secondary N) is 1. The number of likely N-dealkylation sites (tertiary alicyclic amines) is 1. The summed E-state index contributed by atoms with van der Waals surface area (Å²) < 4.78 is 0. The Bertz CT molecular complexity index is 565. The first kappa shape index (κ1) is 12.9. The van der Waals surface area contributed by atoms with Gasteiger partial charge in [0.25, 0.3) is 0 Å². The van der Waals surface area contributed by atoms with Crippen molar-refractivity contribution in [1.82, 2.24) is 24.8 Å². The van der Waals surface area contributed by atoms with Crippen LogP contribution in [0.15, 0.2) is 30.7 Å². The van der Waals surface area contributed by atoms with Gasteiger partial charge >= 0.3 is 0 Å². The first-order chi connectivity index (χ1) is 9.72. The molecule has 1 N–H and O–H groups in total. The predicted octanol–water partition coefficient (Wildman–Crippen LogP) is 1.82. The van der Waals surface area contributed by atoms with Gasteiger partial charge in [-0.15, -0.1) is 0 Å². The highest BCUT2D eigenvalue weighted by Crippen LogP contribution is 2.27. The molecule has 1 saturated heterocycles. The summed E-state index contributed by atoms with van der Waals surface area (Å²) >= 11 is 0. The van der Waals surface area contributed by atoms with E-state index in [0.29, 0.717) is 23.9 Å². The Morgan fingerprint density at radius 1 is 1.10 bits per heavy atom. The molecule has 6 nitrogen and oxygen atoms in total. The molecule has 6 heteroatoms. The van der Waals surface area contributed by atoms with Gasteiger partial charge in [0, 0.05) is 43.6 Å². The maximum atomic E-state index is 4.55. The van der Waals surface area contributed by atoms with E-state index in [9.17, 15) is 0 Å². The maximum absolute atomic E-state index is 4.55. The molecule has 104 valence electrons. The lowest BCUT2D eigenvalue weighted by atomic mass is 9.94. The minimum atomic E-state index is 0.498. The van der Waals surface area contributed by atoms with Crippen molar-refractivity contribution in [2.24, 2.45) is 0 Å².